The molecule has 0 saturated carbocycles. The van der Waals surface area contributed by atoms with E-state index in [9.17, 15) is 9.59 Å². The third-order valence-electron chi connectivity index (χ3n) is 1.96. The van der Waals surface area contributed by atoms with Gasteiger partial charge in [-0.15, -0.1) is 0 Å². The number of rotatable bonds is 5. The fraction of sp³-hybridized carbons (Fsp3) is 0.400. The highest BCUT2D eigenvalue weighted by atomic mass is 79.9. The molecule has 16 heavy (non-hydrogen) atoms. The van der Waals surface area contributed by atoms with Crippen molar-refractivity contribution in [3.8, 4) is 0 Å². The fourth-order valence-electron chi connectivity index (χ4n) is 1.16. The maximum Gasteiger partial charge on any atom is 0.251 e. The van der Waals surface area contributed by atoms with Crippen LogP contribution in [-0.2, 0) is 11.3 Å². The van der Waals surface area contributed by atoms with E-state index >= 15 is 0 Å². The summed E-state index contributed by atoms with van der Waals surface area (Å²) < 4.78 is 2.13. The van der Waals surface area contributed by atoms with Gasteiger partial charge in [0.15, 0.2) is 0 Å². The Morgan fingerprint density at radius 1 is 1.44 bits per heavy atom. The molecule has 5 nitrogen and oxygen atoms in total. The quantitative estimate of drug-likeness (QED) is 0.747. The van der Waals surface area contributed by atoms with Crippen LogP contribution >= 0.6 is 15.9 Å². The van der Waals surface area contributed by atoms with Gasteiger partial charge >= 0.3 is 0 Å². The van der Waals surface area contributed by atoms with Crippen LogP contribution in [0.4, 0.5) is 0 Å². The van der Waals surface area contributed by atoms with E-state index in [1.165, 1.54) is 10.6 Å². The highest BCUT2D eigenvalue weighted by molar-refractivity contribution is 9.10. The van der Waals surface area contributed by atoms with Crippen LogP contribution in [0.3, 0.4) is 0 Å². The van der Waals surface area contributed by atoms with Crippen molar-refractivity contribution in [2.24, 2.45) is 0 Å². The molecule has 0 atom stereocenters. The van der Waals surface area contributed by atoms with Crippen LogP contribution in [0.1, 0.15) is 0 Å². The first-order valence-electron chi connectivity index (χ1n) is 4.91. The minimum Gasteiger partial charge on any atom is -0.353 e. The van der Waals surface area contributed by atoms with Gasteiger partial charge in [0.25, 0.3) is 5.56 Å². The van der Waals surface area contributed by atoms with Crippen molar-refractivity contribution in [3.05, 3.63) is 33.2 Å². The average molecular weight is 288 g/mol. The van der Waals surface area contributed by atoms with E-state index < -0.39 is 0 Å². The van der Waals surface area contributed by atoms with Crippen molar-refractivity contribution in [3.63, 3.8) is 0 Å². The standard InChI is InChI=1S/C10H14BrN3O2/c1-12-4-5-13-9(15)7-14-6-8(11)2-3-10(14)16/h2-3,6,12H,4-5,7H2,1H3,(H,13,15). The predicted octanol–water partition coefficient (Wildman–Crippen LogP) is -0.0536. The van der Waals surface area contributed by atoms with E-state index in [2.05, 4.69) is 26.6 Å². The Kier molecular flexibility index (Phi) is 5.21. The molecule has 1 aromatic heterocycles. The Morgan fingerprint density at radius 3 is 2.88 bits per heavy atom. The summed E-state index contributed by atoms with van der Waals surface area (Å²) in [6.07, 6.45) is 1.60. The summed E-state index contributed by atoms with van der Waals surface area (Å²) in [6, 6.07) is 3.07. The number of hydrogen-bond donors (Lipinski definition) is 2. The van der Waals surface area contributed by atoms with Crippen molar-refractivity contribution in [2.75, 3.05) is 20.1 Å². The van der Waals surface area contributed by atoms with Crippen molar-refractivity contribution < 1.29 is 4.79 Å². The lowest BCUT2D eigenvalue weighted by Gasteiger charge is -2.07. The summed E-state index contributed by atoms with van der Waals surface area (Å²) in [6.45, 7) is 1.30. The van der Waals surface area contributed by atoms with Crippen LogP contribution in [-0.4, -0.2) is 30.6 Å². The molecule has 1 rings (SSSR count). The summed E-state index contributed by atoms with van der Waals surface area (Å²) in [5.41, 5.74) is -0.188. The average Bonchev–Trinajstić information content (AvgIpc) is 2.24. The topological polar surface area (TPSA) is 63.1 Å². The zero-order valence-corrected chi connectivity index (χ0v) is 10.6. The van der Waals surface area contributed by atoms with Gasteiger partial charge in [0.2, 0.25) is 5.91 Å². The molecule has 0 radical (unpaired) electrons. The number of pyridine rings is 1. The largest absolute Gasteiger partial charge is 0.353 e. The lowest BCUT2D eigenvalue weighted by molar-refractivity contribution is -0.121. The molecule has 0 fully saturated rings. The lowest BCUT2D eigenvalue weighted by atomic mass is 10.4. The van der Waals surface area contributed by atoms with Gasteiger partial charge < -0.3 is 15.2 Å². The normalized spacial score (nSPS) is 10.1. The van der Waals surface area contributed by atoms with E-state index in [0.717, 1.165) is 4.47 Å². The van der Waals surface area contributed by atoms with Gasteiger partial charge in [-0.3, -0.25) is 9.59 Å². The van der Waals surface area contributed by atoms with Crippen LogP contribution in [0.25, 0.3) is 0 Å². The molecule has 0 spiro atoms. The van der Waals surface area contributed by atoms with E-state index in [-0.39, 0.29) is 18.0 Å². The van der Waals surface area contributed by atoms with Crippen LogP contribution in [0, 0.1) is 0 Å². The van der Waals surface area contributed by atoms with Crippen molar-refractivity contribution >= 4 is 21.8 Å². The molecule has 0 saturated heterocycles. The molecule has 0 aliphatic rings. The molecule has 0 unspecified atom stereocenters. The highest BCUT2D eigenvalue weighted by Gasteiger charge is 2.03. The van der Waals surface area contributed by atoms with Gasteiger partial charge in [0, 0.05) is 29.8 Å². The van der Waals surface area contributed by atoms with E-state index in [4.69, 9.17) is 0 Å². The molecule has 88 valence electrons. The summed E-state index contributed by atoms with van der Waals surface area (Å²) in [7, 11) is 1.81. The van der Waals surface area contributed by atoms with Crippen LogP contribution in [0.5, 0.6) is 0 Å². The number of halogens is 1. The van der Waals surface area contributed by atoms with Crippen LogP contribution in [0.2, 0.25) is 0 Å². The minimum atomic E-state index is -0.188. The Bertz CT molecular complexity index is 417. The van der Waals surface area contributed by atoms with Crippen molar-refractivity contribution in [1.29, 1.82) is 0 Å². The van der Waals surface area contributed by atoms with Gasteiger partial charge in [-0.05, 0) is 29.0 Å². The molecule has 2 N–H and O–H groups in total. The lowest BCUT2D eigenvalue weighted by Crippen LogP contribution is -2.35. The Morgan fingerprint density at radius 2 is 2.19 bits per heavy atom. The number of likely N-dealkylation sites (N-methyl/N-ethyl adjacent to an activating group) is 1. The molecule has 6 heteroatoms. The van der Waals surface area contributed by atoms with Gasteiger partial charge in [0.05, 0.1) is 0 Å². The fourth-order valence-corrected chi connectivity index (χ4v) is 1.54. The second-order valence-electron chi connectivity index (χ2n) is 3.27. The van der Waals surface area contributed by atoms with Gasteiger partial charge in [-0.25, -0.2) is 0 Å². The van der Waals surface area contributed by atoms with Gasteiger partial charge in [-0.2, -0.15) is 0 Å². The molecule has 0 aliphatic carbocycles. The SMILES string of the molecule is CNCCNC(=O)Cn1cc(Br)ccc1=O. The minimum absolute atomic E-state index is 0.0436. The monoisotopic (exact) mass is 287 g/mol. The molecule has 1 aromatic rings. The molecule has 0 aliphatic heterocycles. The van der Waals surface area contributed by atoms with Gasteiger partial charge in [-0.1, -0.05) is 0 Å². The number of aromatic nitrogens is 1. The first-order chi connectivity index (χ1) is 7.63. The number of amides is 1. The predicted molar refractivity (Wildman–Crippen MR) is 65.3 cm³/mol. The Labute approximate surface area is 102 Å². The second-order valence-corrected chi connectivity index (χ2v) is 4.18. The first kappa shape index (κ1) is 12.9. The van der Waals surface area contributed by atoms with E-state index in [1.807, 2.05) is 7.05 Å². The first-order valence-corrected chi connectivity index (χ1v) is 5.70. The molecular weight excluding hydrogens is 274 g/mol. The molecule has 1 amide bonds. The van der Waals surface area contributed by atoms with Crippen LogP contribution in [0.15, 0.2) is 27.6 Å². The summed E-state index contributed by atoms with van der Waals surface area (Å²) in [5, 5.41) is 5.62. The summed E-state index contributed by atoms with van der Waals surface area (Å²) in [5.74, 6) is -0.171. The third-order valence-corrected chi connectivity index (χ3v) is 2.43. The van der Waals surface area contributed by atoms with Crippen molar-refractivity contribution in [1.82, 2.24) is 15.2 Å². The third kappa shape index (κ3) is 4.16. The maximum atomic E-state index is 11.4. The molecule has 0 aromatic carbocycles. The summed E-state index contributed by atoms with van der Waals surface area (Å²) in [4.78, 5) is 22.8. The number of carbonyl (C=O) groups is 1. The highest BCUT2D eigenvalue weighted by Crippen LogP contribution is 2.04. The zero-order valence-electron chi connectivity index (χ0n) is 9.00. The number of nitrogens with zero attached hydrogens (tertiary/aromatic N) is 1. The number of nitrogens with one attached hydrogen (secondary N) is 2. The van der Waals surface area contributed by atoms with Crippen molar-refractivity contribution in [2.45, 2.75) is 6.54 Å². The molecule has 1 heterocycles. The number of hydrogen-bond acceptors (Lipinski definition) is 3. The van der Waals surface area contributed by atoms with E-state index in [1.54, 1.807) is 12.3 Å². The zero-order chi connectivity index (χ0) is 12.0. The summed E-state index contributed by atoms with van der Waals surface area (Å²) >= 11 is 3.25. The maximum absolute atomic E-state index is 11.4. The second kappa shape index (κ2) is 6.44. The molecule has 0 bridgehead atoms. The number of carbonyl (C=O) groups excluding carboxylic acids is 1. The van der Waals surface area contributed by atoms with Gasteiger partial charge in [0.1, 0.15) is 6.54 Å². The van der Waals surface area contributed by atoms with Crippen LogP contribution < -0.4 is 16.2 Å². The Hall–Kier alpha value is -1.14. The van der Waals surface area contributed by atoms with E-state index in [0.29, 0.717) is 13.1 Å². The smallest absolute Gasteiger partial charge is 0.251 e. The molecular formula is C10H14BrN3O2. The Balaban J connectivity index is 2.56.